The van der Waals surface area contributed by atoms with Gasteiger partial charge in [-0.25, -0.2) is 0 Å². The third-order valence-electron chi connectivity index (χ3n) is 3.34. The fraction of sp³-hybridized carbons (Fsp3) is 0.600. The Morgan fingerprint density at radius 2 is 2.22 bits per heavy atom. The van der Waals surface area contributed by atoms with Crippen LogP contribution in [0.25, 0.3) is 0 Å². The molecule has 1 heterocycles. The second kappa shape index (κ2) is 8.81. The zero-order chi connectivity index (χ0) is 14.0. The normalized spacial score (nSPS) is 12.3. The molecule has 0 saturated heterocycles. The molecule has 0 bridgehead atoms. The highest BCUT2D eigenvalue weighted by molar-refractivity contribution is 5.58. The first-order valence-corrected chi connectivity index (χ1v) is 6.53. The molecule has 1 unspecified atom stereocenters. The van der Waals surface area contributed by atoms with Gasteiger partial charge in [-0.1, -0.05) is 40.2 Å². The van der Waals surface area contributed by atoms with E-state index in [9.17, 15) is 4.79 Å². The molecule has 0 aromatic carbocycles. The number of nitrogens with zero attached hydrogens (tertiary/aromatic N) is 1. The van der Waals surface area contributed by atoms with E-state index in [2.05, 4.69) is 18.8 Å². The number of rotatable bonds is 5. The predicted molar refractivity (Wildman–Crippen MR) is 78.4 cm³/mol. The van der Waals surface area contributed by atoms with Gasteiger partial charge < -0.3 is 10.5 Å². The van der Waals surface area contributed by atoms with Crippen molar-refractivity contribution in [1.82, 2.24) is 4.98 Å². The molecule has 1 rings (SSSR count). The number of hydrogen-bond acceptors (Lipinski definition) is 3. The fourth-order valence-corrected chi connectivity index (χ4v) is 1.35. The molecule has 2 N–H and O–H groups in total. The van der Waals surface area contributed by atoms with Crippen LogP contribution in [0, 0.1) is 11.3 Å². The van der Waals surface area contributed by atoms with Gasteiger partial charge in [0, 0.05) is 19.2 Å². The molecular formula is C15H28N2O. The van der Waals surface area contributed by atoms with Gasteiger partial charge in [0.15, 0.2) is 0 Å². The first kappa shape index (κ1) is 16.8. The van der Waals surface area contributed by atoms with Crippen LogP contribution >= 0.6 is 0 Å². The van der Waals surface area contributed by atoms with Crippen LogP contribution in [0.5, 0.6) is 0 Å². The number of carbonyl (C=O) groups is 1. The SMILES string of the molecule is CCC(C)C(C)(C)C=O.NCCc1cccnc1.[HH]. The van der Waals surface area contributed by atoms with E-state index in [1.54, 1.807) is 6.20 Å². The quantitative estimate of drug-likeness (QED) is 0.819. The highest BCUT2D eigenvalue weighted by atomic mass is 16.1. The summed E-state index contributed by atoms with van der Waals surface area (Å²) in [4.78, 5) is 14.4. The molecule has 0 aliphatic rings. The third-order valence-corrected chi connectivity index (χ3v) is 3.34. The van der Waals surface area contributed by atoms with Crippen LogP contribution in [-0.2, 0) is 11.2 Å². The molecule has 1 atom stereocenters. The smallest absolute Gasteiger partial charge is 0.125 e. The molecule has 1 aromatic heterocycles. The molecule has 0 amide bonds. The van der Waals surface area contributed by atoms with E-state index in [1.807, 2.05) is 32.2 Å². The Labute approximate surface area is 112 Å². The minimum Gasteiger partial charge on any atom is -0.330 e. The van der Waals surface area contributed by atoms with Crippen LogP contribution in [0.3, 0.4) is 0 Å². The second-order valence-electron chi connectivity index (χ2n) is 5.15. The fourth-order valence-electron chi connectivity index (χ4n) is 1.35. The van der Waals surface area contributed by atoms with Crippen LogP contribution in [0.2, 0.25) is 0 Å². The number of aldehydes is 1. The second-order valence-corrected chi connectivity index (χ2v) is 5.15. The molecule has 0 fully saturated rings. The molecule has 3 heteroatoms. The summed E-state index contributed by atoms with van der Waals surface area (Å²) in [6, 6.07) is 3.95. The van der Waals surface area contributed by atoms with E-state index < -0.39 is 0 Å². The summed E-state index contributed by atoms with van der Waals surface area (Å²) in [5, 5.41) is 0. The van der Waals surface area contributed by atoms with Crippen molar-refractivity contribution in [1.29, 1.82) is 0 Å². The van der Waals surface area contributed by atoms with Crippen molar-refractivity contribution in [2.24, 2.45) is 17.1 Å². The lowest BCUT2D eigenvalue weighted by atomic mass is 9.80. The van der Waals surface area contributed by atoms with Gasteiger partial charge in [0.1, 0.15) is 6.29 Å². The molecule has 0 saturated carbocycles. The van der Waals surface area contributed by atoms with Crippen molar-refractivity contribution in [3.05, 3.63) is 30.1 Å². The monoisotopic (exact) mass is 252 g/mol. The van der Waals surface area contributed by atoms with Gasteiger partial charge in [-0.05, 0) is 30.5 Å². The van der Waals surface area contributed by atoms with Gasteiger partial charge in [-0.2, -0.15) is 0 Å². The highest BCUT2D eigenvalue weighted by Gasteiger charge is 2.22. The van der Waals surface area contributed by atoms with Gasteiger partial charge in [0.25, 0.3) is 0 Å². The van der Waals surface area contributed by atoms with Crippen LogP contribution in [-0.4, -0.2) is 17.8 Å². The van der Waals surface area contributed by atoms with Crippen molar-refractivity contribution in [3.8, 4) is 0 Å². The van der Waals surface area contributed by atoms with Crippen LogP contribution in [0.15, 0.2) is 24.5 Å². The molecule has 0 aliphatic heterocycles. The summed E-state index contributed by atoms with van der Waals surface area (Å²) in [6.07, 6.45) is 6.65. The lowest BCUT2D eigenvalue weighted by Gasteiger charge is -2.23. The van der Waals surface area contributed by atoms with E-state index in [1.165, 1.54) is 5.56 Å². The summed E-state index contributed by atoms with van der Waals surface area (Å²) in [5.74, 6) is 0.495. The van der Waals surface area contributed by atoms with Gasteiger partial charge >= 0.3 is 0 Å². The summed E-state index contributed by atoms with van der Waals surface area (Å²) in [6.45, 7) is 8.87. The molecular weight excluding hydrogens is 224 g/mol. The molecule has 104 valence electrons. The van der Waals surface area contributed by atoms with Gasteiger partial charge in [0.05, 0.1) is 0 Å². The van der Waals surface area contributed by atoms with E-state index in [4.69, 9.17) is 5.73 Å². The van der Waals surface area contributed by atoms with E-state index in [0.717, 1.165) is 19.1 Å². The maximum atomic E-state index is 10.4. The summed E-state index contributed by atoms with van der Waals surface area (Å²) in [7, 11) is 0. The Morgan fingerprint density at radius 1 is 1.56 bits per heavy atom. The lowest BCUT2D eigenvalue weighted by Crippen LogP contribution is -2.22. The molecule has 1 aromatic rings. The average Bonchev–Trinajstić information content (AvgIpc) is 2.40. The predicted octanol–water partition coefficient (Wildman–Crippen LogP) is 3.09. The van der Waals surface area contributed by atoms with Gasteiger partial charge in [-0.15, -0.1) is 0 Å². The van der Waals surface area contributed by atoms with Crippen LogP contribution in [0.1, 0.15) is 41.1 Å². The van der Waals surface area contributed by atoms with E-state index in [0.29, 0.717) is 12.5 Å². The Kier molecular flexibility index (Phi) is 8.21. The number of aromatic nitrogens is 1. The van der Waals surface area contributed by atoms with Crippen molar-refractivity contribution in [2.75, 3.05) is 6.54 Å². The maximum absolute atomic E-state index is 10.4. The zero-order valence-corrected chi connectivity index (χ0v) is 12.0. The molecule has 18 heavy (non-hydrogen) atoms. The number of pyridine rings is 1. The first-order chi connectivity index (χ1) is 8.47. The maximum Gasteiger partial charge on any atom is 0.125 e. The van der Waals surface area contributed by atoms with Crippen molar-refractivity contribution in [3.63, 3.8) is 0 Å². The van der Waals surface area contributed by atoms with Crippen molar-refractivity contribution in [2.45, 2.75) is 40.5 Å². The summed E-state index contributed by atoms with van der Waals surface area (Å²) in [5.41, 5.74) is 6.41. The first-order valence-electron chi connectivity index (χ1n) is 6.53. The van der Waals surface area contributed by atoms with Gasteiger partial charge in [-0.3, -0.25) is 4.98 Å². The number of hydrogen-bond donors (Lipinski definition) is 1. The largest absolute Gasteiger partial charge is 0.330 e. The summed E-state index contributed by atoms with van der Waals surface area (Å²) >= 11 is 0. The number of nitrogens with two attached hydrogens (primary N) is 1. The Balaban J connectivity index is 0. The topological polar surface area (TPSA) is 56.0 Å². The van der Waals surface area contributed by atoms with Crippen molar-refractivity contribution >= 4 is 6.29 Å². The Hall–Kier alpha value is -1.22. The molecule has 0 spiro atoms. The van der Waals surface area contributed by atoms with Crippen LogP contribution in [0.4, 0.5) is 0 Å². The van der Waals surface area contributed by atoms with Crippen molar-refractivity contribution < 1.29 is 6.22 Å². The highest BCUT2D eigenvalue weighted by Crippen LogP contribution is 2.25. The lowest BCUT2D eigenvalue weighted by molar-refractivity contribution is -0.116. The average molecular weight is 252 g/mol. The standard InChI is InChI=1S/C8H16O.C7H10N2.H2/c1-5-7(2)8(3,4)6-9;8-4-3-7-2-1-5-9-6-7;/h6-7H,5H2,1-4H3;1-2,5-6H,3-4,8H2;1H. The van der Waals surface area contributed by atoms with Crippen LogP contribution < -0.4 is 5.73 Å². The molecule has 3 nitrogen and oxygen atoms in total. The van der Waals surface area contributed by atoms with E-state index >= 15 is 0 Å². The molecule has 0 radical (unpaired) electrons. The molecule has 0 aliphatic carbocycles. The number of carbonyl (C=O) groups excluding carboxylic acids is 1. The minimum absolute atomic E-state index is 0. The summed E-state index contributed by atoms with van der Waals surface area (Å²) < 4.78 is 0. The van der Waals surface area contributed by atoms with E-state index in [-0.39, 0.29) is 6.84 Å². The van der Waals surface area contributed by atoms with Gasteiger partial charge in [0.2, 0.25) is 0 Å². The Bertz CT molecular complexity index is 328. The zero-order valence-electron chi connectivity index (χ0n) is 12.0. The third kappa shape index (κ3) is 6.50. The Morgan fingerprint density at radius 3 is 2.56 bits per heavy atom. The minimum atomic E-state index is -0.130.